The van der Waals surface area contributed by atoms with E-state index in [1.54, 1.807) is 13.2 Å². The molecule has 0 bridgehead atoms. The second-order valence-corrected chi connectivity index (χ2v) is 7.81. The van der Waals surface area contributed by atoms with E-state index in [0.717, 1.165) is 25.9 Å². The number of aliphatic carboxylic acids is 2. The predicted octanol–water partition coefficient (Wildman–Crippen LogP) is 2.22. The summed E-state index contributed by atoms with van der Waals surface area (Å²) in [5.41, 5.74) is 0.782. The Hall–Kier alpha value is -2.92. The van der Waals surface area contributed by atoms with Crippen LogP contribution in [0.25, 0.3) is 0 Å². The van der Waals surface area contributed by atoms with Gasteiger partial charge in [-0.3, -0.25) is 15.0 Å². The summed E-state index contributed by atoms with van der Waals surface area (Å²) < 4.78 is 10.5. The highest BCUT2D eigenvalue weighted by Crippen LogP contribution is 2.35. The second-order valence-electron chi connectivity index (χ2n) is 7.81. The van der Waals surface area contributed by atoms with Crippen LogP contribution in [-0.2, 0) is 16.1 Å². The maximum atomic E-state index is 11.5. The highest BCUT2D eigenvalue weighted by atomic mass is 16.6. The normalized spacial score (nSPS) is 17.7. The lowest BCUT2D eigenvalue weighted by Crippen LogP contribution is -2.46. The van der Waals surface area contributed by atoms with Crippen LogP contribution >= 0.6 is 0 Å². The van der Waals surface area contributed by atoms with Crippen molar-refractivity contribution in [1.82, 2.24) is 9.80 Å². The molecule has 178 valence electrons. The van der Waals surface area contributed by atoms with Crippen LogP contribution in [0.1, 0.15) is 37.7 Å². The molecule has 11 heteroatoms. The fraction of sp³-hybridized carbons (Fsp3) is 0.619. The quantitative estimate of drug-likeness (QED) is 0.374. The maximum Gasteiger partial charge on any atom is 0.414 e. The third-order valence-electron chi connectivity index (χ3n) is 5.82. The highest BCUT2D eigenvalue weighted by molar-refractivity contribution is 6.27. The number of nitrogens with zero attached hydrogens (tertiary/aromatic N) is 3. The lowest BCUT2D eigenvalue weighted by molar-refractivity contribution is -0.385. The van der Waals surface area contributed by atoms with Gasteiger partial charge in [0.25, 0.3) is 5.69 Å². The second kappa shape index (κ2) is 12.2. The molecule has 2 aliphatic rings. The van der Waals surface area contributed by atoms with E-state index in [9.17, 15) is 10.1 Å². The van der Waals surface area contributed by atoms with Crippen LogP contribution in [0.15, 0.2) is 12.1 Å². The van der Waals surface area contributed by atoms with Gasteiger partial charge in [-0.05, 0) is 57.9 Å². The average molecular weight is 453 g/mol. The Morgan fingerprint density at radius 3 is 2.00 bits per heavy atom. The Bertz CT molecular complexity index is 790. The molecule has 0 unspecified atom stereocenters. The van der Waals surface area contributed by atoms with Crippen LogP contribution in [0, 0.1) is 10.1 Å². The molecule has 32 heavy (non-hydrogen) atoms. The molecule has 1 aromatic carbocycles. The molecule has 0 spiro atoms. The molecular formula is C21H31N3O8. The first-order valence-corrected chi connectivity index (χ1v) is 10.6. The van der Waals surface area contributed by atoms with Gasteiger partial charge in [0.2, 0.25) is 0 Å². The number of carboxylic acid groups (broad SMARTS) is 2. The molecule has 0 radical (unpaired) electrons. The minimum absolute atomic E-state index is 0.0980. The van der Waals surface area contributed by atoms with Gasteiger partial charge in [-0.1, -0.05) is 6.42 Å². The van der Waals surface area contributed by atoms with Gasteiger partial charge in [0.05, 0.1) is 25.2 Å². The van der Waals surface area contributed by atoms with E-state index in [4.69, 9.17) is 29.3 Å². The van der Waals surface area contributed by atoms with E-state index in [1.807, 2.05) is 0 Å². The summed E-state index contributed by atoms with van der Waals surface area (Å²) in [7, 11) is 3.05. The molecule has 1 aromatic rings. The summed E-state index contributed by atoms with van der Waals surface area (Å²) in [6.45, 7) is 4.99. The SMILES string of the molecule is COc1cc(CN2CCC(N3CCCCC3)CC2)c([N+](=O)[O-])cc1OC.O=C(O)C(=O)O. The van der Waals surface area contributed by atoms with Gasteiger partial charge in [-0.25, -0.2) is 9.59 Å². The number of methoxy groups -OCH3 is 2. The molecule has 3 rings (SSSR count). The number of nitro groups is 1. The van der Waals surface area contributed by atoms with Crippen molar-refractivity contribution in [2.24, 2.45) is 0 Å². The molecule has 2 saturated heterocycles. The van der Waals surface area contributed by atoms with Crippen LogP contribution in [-0.4, -0.2) is 83.3 Å². The van der Waals surface area contributed by atoms with Crippen molar-refractivity contribution >= 4 is 17.6 Å². The fourth-order valence-electron chi connectivity index (χ4n) is 4.17. The first-order chi connectivity index (χ1) is 15.3. The van der Waals surface area contributed by atoms with E-state index in [1.165, 1.54) is 45.5 Å². The maximum absolute atomic E-state index is 11.5. The Balaban J connectivity index is 0.000000534. The molecule has 0 saturated carbocycles. The van der Waals surface area contributed by atoms with Crippen molar-refractivity contribution in [2.75, 3.05) is 40.4 Å². The van der Waals surface area contributed by atoms with E-state index in [2.05, 4.69) is 9.80 Å². The zero-order valence-corrected chi connectivity index (χ0v) is 18.5. The number of hydrogen-bond donors (Lipinski definition) is 2. The van der Waals surface area contributed by atoms with Crippen LogP contribution in [0.2, 0.25) is 0 Å². The first kappa shape index (κ1) is 25.3. The summed E-state index contributed by atoms with van der Waals surface area (Å²) >= 11 is 0. The largest absolute Gasteiger partial charge is 0.493 e. The third kappa shape index (κ3) is 7.06. The minimum atomic E-state index is -1.82. The zero-order valence-electron chi connectivity index (χ0n) is 18.5. The number of rotatable bonds is 6. The summed E-state index contributed by atoms with van der Waals surface area (Å²) in [6, 6.07) is 3.88. The summed E-state index contributed by atoms with van der Waals surface area (Å²) in [5.74, 6) is -2.71. The molecule has 2 N–H and O–H groups in total. The predicted molar refractivity (Wildman–Crippen MR) is 115 cm³/mol. The molecule has 0 aromatic heterocycles. The number of nitro benzene ring substituents is 1. The molecule has 0 aliphatic carbocycles. The minimum Gasteiger partial charge on any atom is -0.493 e. The van der Waals surface area contributed by atoms with Crippen molar-refractivity contribution in [1.29, 1.82) is 0 Å². The topological polar surface area (TPSA) is 143 Å². The Kier molecular flexibility index (Phi) is 9.66. The fourth-order valence-corrected chi connectivity index (χ4v) is 4.17. The summed E-state index contributed by atoms with van der Waals surface area (Å²) in [6.07, 6.45) is 6.27. The van der Waals surface area contributed by atoms with Crippen molar-refractivity contribution in [3.8, 4) is 11.5 Å². The number of ether oxygens (including phenoxy) is 2. The van der Waals surface area contributed by atoms with Gasteiger partial charge < -0.3 is 24.6 Å². The molecule has 2 aliphatic heterocycles. The Labute approximate surface area is 186 Å². The van der Waals surface area contributed by atoms with E-state index < -0.39 is 11.9 Å². The highest BCUT2D eigenvalue weighted by Gasteiger charge is 2.27. The van der Waals surface area contributed by atoms with Gasteiger partial charge >= 0.3 is 11.9 Å². The Morgan fingerprint density at radius 1 is 1.00 bits per heavy atom. The van der Waals surface area contributed by atoms with Crippen LogP contribution < -0.4 is 9.47 Å². The molecule has 2 fully saturated rings. The number of piperidine rings is 2. The van der Waals surface area contributed by atoms with E-state index in [-0.39, 0.29) is 10.6 Å². The average Bonchev–Trinajstić information content (AvgIpc) is 2.80. The van der Waals surface area contributed by atoms with Gasteiger partial charge in [0, 0.05) is 18.2 Å². The van der Waals surface area contributed by atoms with Crippen molar-refractivity contribution in [3.63, 3.8) is 0 Å². The summed E-state index contributed by atoms with van der Waals surface area (Å²) in [4.78, 5) is 34.3. The lowest BCUT2D eigenvalue weighted by atomic mass is 9.99. The van der Waals surface area contributed by atoms with Crippen molar-refractivity contribution in [2.45, 2.75) is 44.7 Å². The molecular weight excluding hydrogens is 422 g/mol. The molecule has 0 atom stereocenters. The molecule has 0 amide bonds. The third-order valence-corrected chi connectivity index (χ3v) is 5.82. The number of likely N-dealkylation sites (tertiary alicyclic amines) is 2. The summed E-state index contributed by atoms with van der Waals surface area (Å²) in [5, 5.41) is 26.3. The number of hydrogen-bond acceptors (Lipinski definition) is 8. The van der Waals surface area contributed by atoms with Gasteiger partial charge in [-0.2, -0.15) is 0 Å². The zero-order chi connectivity index (χ0) is 23.7. The van der Waals surface area contributed by atoms with Gasteiger partial charge in [0.1, 0.15) is 0 Å². The lowest BCUT2D eigenvalue weighted by Gasteiger charge is -2.40. The van der Waals surface area contributed by atoms with Crippen molar-refractivity contribution in [3.05, 3.63) is 27.8 Å². The number of carbonyl (C=O) groups is 2. The van der Waals surface area contributed by atoms with E-state index >= 15 is 0 Å². The van der Waals surface area contributed by atoms with Crippen LogP contribution in [0.5, 0.6) is 11.5 Å². The number of benzene rings is 1. The van der Waals surface area contributed by atoms with Gasteiger partial charge in [0.15, 0.2) is 11.5 Å². The van der Waals surface area contributed by atoms with E-state index in [0.29, 0.717) is 29.6 Å². The van der Waals surface area contributed by atoms with Crippen molar-refractivity contribution < 1.29 is 34.2 Å². The standard InChI is InChI=1S/C19H29N3O4.C2H2O4/c1-25-18-12-15(17(22(23)24)13-19(18)26-2)14-20-10-6-16(7-11-20)21-8-4-3-5-9-21;3-1(4)2(5)6/h12-13,16H,3-11,14H2,1-2H3;(H,3,4)(H,5,6). The number of carboxylic acids is 2. The van der Waals surface area contributed by atoms with Crippen LogP contribution in [0.4, 0.5) is 5.69 Å². The first-order valence-electron chi connectivity index (χ1n) is 10.6. The molecule has 2 heterocycles. The van der Waals surface area contributed by atoms with Crippen LogP contribution in [0.3, 0.4) is 0 Å². The monoisotopic (exact) mass is 453 g/mol. The van der Waals surface area contributed by atoms with Gasteiger partial charge in [-0.15, -0.1) is 0 Å². The smallest absolute Gasteiger partial charge is 0.414 e. The molecule has 11 nitrogen and oxygen atoms in total. The Morgan fingerprint density at radius 2 is 1.53 bits per heavy atom.